The summed E-state index contributed by atoms with van der Waals surface area (Å²) >= 11 is 0. The molecule has 0 aliphatic carbocycles. The molecule has 216 valence electrons. The molecule has 10 nitrogen and oxygen atoms in total. The highest BCUT2D eigenvalue weighted by atomic mass is 16.5. The number of nitrogens with one attached hydrogen (secondary N) is 2. The van der Waals surface area contributed by atoms with Gasteiger partial charge in [-0.2, -0.15) is 0 Å². The smallest absolute Gasteiger partial charge is 0.321 e. The SMILES string of the molecule is COCCN(CC(=O)Nc1ccc(N2CCN(C(=O)Nc3ccc(C)cc3)CC2)cc1)C(=O)c1ccc(OC)cc1. The zero-order valence-electron chi connectivity index (χ0n) is 23.8. The van der Waals surface area contributed by atoms with Crippen molar-refractivity contribution in [1.29, 1.82) is 0 Å². The number of hydrogen-bond donors (Lipinski definition) is 2. The molecule has 1 heterocycles. The second-order valence-corrected chi connectivity index (χ2v) is 9.81. The molecule has 1 fully saturated rings. The summed E-state index contributed by atoms with van der Waals surface area (Å²) in [6.07, 6.45) is 0. The van der Waals surface area contributed by atoms with Crippen LogP contribution in [0.1, 0.15) is 15.9 Å². The van der Waals surface area contributed by atoms with Crippen LogP contribution in [0.15, 0.2) is 72.8 Å². The largest absolute Gasteiger partial charge is 0.497 e. The van der Waals surface area contributed by atoms with Crippen molar-refractivity contribution >= 4 is 34.9 Å². The molecule has 41 heavy (non-hydrogen) atoms. The third-order valence-electron chi connectivity index (χ3n) is 6.91. The zero-order chi connectivity index (χ0) is 29.2. The number of piperazine rings is 1. The van der Waals surface area contributed by atoms with Crippen LogP contribution >= 0.6 is 0 Å². The quantitative estimate of drug-likeness (QED) is 0.388. The van der Waals surface area contributed by atoms with E-state index in [9.17, 15) is 14.4 Å². The summed E-state index contributed by atoms with van der Waals surface area (Å²) in [5, 5.41) is 5.84. The van der Waals surface area contributed by atoms with Gasteiger partial charge in [0.2, 0.25) is 5.91 Å². The van der Waals surface area contributed by atoms with Gasteiger partial charge in [0, 0.05) is 62.5 Å². The summed E-state index contributed by atoms with van der Waals surface area (Å²) in [5.74, 6) is 0.0856. The predicted octanol–water partition coefficient (Wildman–Crippen LogP) is 4.09. The van der Waals surface area contributed by atoms with Crippen molar-refractivity contribution in [3.63, 3.8) is 0 Å². The molecule has 2 N–H and O–H groups in total. The number of rotatable bonds is 10. The van der Waals surface area contributed by atoms with Gasteiger partial charge in [-0.25, -0.2) is 4.79 Å². The maximum absolute atomic E-state index is 13.0. The Morgan fingerprint density at radius 1 is 0.805 bits per heavy atom. The van der Waals surface area contributed by atoms with Crippen LogP contribution in [-0.2, 0) is 9.53 Å². The summed E-state index contributed by atoms with van der Waals surface area (Å²) in [7, 11) is 3.12. The lowest BCUT2D eigenvalue weighted by molar-refractivity contribution is -0.117. The Balaban J connectivity index is 1.28. The van der Waals surface area contributed by atoms with Crippen LogP contribution in [0, 0.1) is 6.92 Å². The van der Waals surface area contributed by atoms with Gasteiger partial charge in [-0.1, -0.05) is 17.7 Å². The number of benzene rings is 3. The Bertz CT molecular complexity index is 1300. The second kappa shape index (κ2) is 14.2. The molecule has 0 spiro atoms. The Morgan fingerprint density at radius 2 is 1.41 bits per heavy atom. The summed E-state index contributed by atoms with van der Waals surface area (Å²) in [6, 6.07) is 22.0. The van der Waals surface area contributed by atoms with E-state index in [0.717, 1.165) is 16.9 Å². The highest BCUT2D eigenvalue weighted by molar-refractivity contribution is 5.99. The van der Waals surface area contributed by atoms with E-state index in [-0.39, 0.29) is 30.9 Å². The third kappa shape index (κ3) is 8.21. The van der Waals surface area contributed by atoms with E-state index < -0.39 is 0 Å². The maximum atomic E-state index is 13.0. The fourth-order valence-corrected chi connectivity index (χ4v) is 4.51. The van der Waals surface area contributed by atoms with Crippen LogP contribution in [0.5, 0.6) is 5.75 Å². The lowest BCUT2D eigenvalue weighted by atomic mass is 10.2. The van der Waals surface area contributed by atoms with Crippen LogP contribution in [0.2, 0.25) is 0 Å². The van der Waals surface area contributed by atoms with E-state index in [1.165, 1.54) is 4.90 Å². The average molecular weight is 560 g/mol. The fourth-order valence-electron chi connectivity index (χ4n) is 4.51. The molecule has 4 rings (SSSR count). The third-order valence-corrected chi connectivity index (χ3v) is 6.91. The number of nitrogens with zero attached hydrogens (tertiary/aromatic N) is 3. The molecule has 0 atom stereocenters. The molecule has 3 aromatic rings. The topological polar surface area (TPSA) is 103 Å². The van der Waals surface area contributed by atoms with Gasteiger partial charge in [0.05, 0.1) is 13.7 Å². The van der Waals surface area contributed by atoms with Crippen LogP contribution in [0.3, 0.4) is 0 Å². The first-order valence-corrected chi connectivity index (χ1v) is 13.6. The first-order valence-electron chi connectivity index (χ1n) is 13.6. The Morgan fingerprint density at radius 3 is 2.02 bits per heavy atom. The Hall–Kier alpha value is -4.57. The van der Waals surface area contributed by atoms with Crippen molar-refractivity contribution < 1.29 is 23.9 Å². The normalized spacial score (nSPS) is 13.0. The van der Waals surface area contributed by atoms with E-state index in [1.807, 2.05) is 60.4 Å². The molecule has 0 saturated carbocycles. The molecule has 0 aromatic heterocycles. The van der Waals surface area contributed by atoms with E-state index in [0.29, 0.717) is 49.8 Å². The number of carbonyl (C=O) groups excluding carboxylic acids is 3. The molecule has 0 unspecified atom stereocenters. The van der Waals surface area contributed by atoms with Crippen LogP contribution in [0.4, 0.5) is 21.9 Å². The minimum Gasteiger partial charge on any atom is -0.497 e. The minimum atomic E-state index is -0.302. The molecule has 1 aliphatic heterocycles. The minimum absolute atomic E-state index is 0.100. The number of carbonyl (C=O) groups is 3. The second-order valence-electron chi connectivity index (χ2n) is 9.81. The lowest BCUT2D eigenvalue weighted by Gasteiger charge is -2.36. The maximum Gasteiger partial charge on any atom is 0.321 e. The average Bonchev–Trinajstić information content (AvgIpc) is 3.00. The number of amides is 4. The van der Waals surface area contributed by atoms with E-state index >= 15 is 0 Å². The number of anilines is 3. The summed E-state index contributed by atoms with van der Waals surface area (Å²) < 4.78 is 10.3. The number of aryl methyl sites for hydroxylation is 1. The van der Waals surface area contributed by atoms with Crippen molar-refractivity contribution in [1.82, 2.24) is 9.80 Å². The monoisotopic (exact) mass is 559 g/mol. The molecule has 0 bridgehead atoms. The highest BCUT2D eigenvalue weighted by Gasteiger charge is 2.22. The van der Waals surface area contributed by atoms with Crippen LogP contribution < -0.4 is 20.3 Å². The van der Waals surface area contributed by atoms with E-state index in [4.69, 9.17) is 9.47 Å². The summed E-state index contributed by atoms with van der Waals surface area (Å²) in [5.41, 5.74) is 4.04. The Kier molecular flexibility index (Phi) is 10.2. The van der Waals surface area contributed by atoms with Gasteiger partial charge in [-0.05, 0) is 67.6 Å². The number of hydrogen-bond acceptors (Lipinski definition) is 6. The first kappa shape index (κ1) is 29.4. The van der Waals surface area contributed by atoms with E-state index in [2.05, 4.69) is 15.5 Å². The molecule has 0 radical (unpaired) electrons. The van der Waals surface area contributed by atoms with Gasteiger partial charge in [0.15, 0.2) is 0 Å². The van der Waals surface area contributed by atoms with Gasteiger partial charge in [0.1, 0.15) is 12.3 Å². The van der Waals surface area contributed by atoms with Gasteiger partial charge in [-0.15, -0.1) is 0 Å². The van der Waals surface area contributed by atoms with Gasteiger partial charge < -0.3 is 34.8 Å². The van der Waals surface area contributed by atoms with Crippen molar-refractivity contribution in [2.45, 2.75) is 6.92 Å². The molecular formula is C31H37N5O5. The zero-order valence-corrected chi connectivity index (χ0v) is 23.8. The van der Waals surface area contributed by atoms with Crippen molar-refractivity contribution in [3.05, 3.63) is 83.9 Å². The van der Waals surface area contributed by atoms with Crippen LogP contribution in [0.25, 0.3) is 0 Å². The Labute approximate surface area is 240 Å². The molecule has 3 aromatic carbocycles. The fraction of sp³-hybridized carbons (Fsp3) is 0.323. The standard InChI is InChI=1S/C31H37N5O5/c1-23-4-8-26(9-5-23)33-31(39)35-18-16-34(17-19-35)27-12-10-25(11-13-27)32-29(37)22-36(20-21-40-2)30(38)24-6-14-28(41-3)15-7-24/h4-15H,16-22H2,1-3H3,(H,32,37)(H,33,39). The van der Waals surface area contributed by atoms with Crippen molar-refractivity contribution in [2.24, 2.45) is 0 Å². The van der Waals surface area contributed by atoms with Gasteiger partial charge in [-0.3, -0.25) is 9.59 Å². The molecule has 1 aliphatic rings. The van der Waals surface area contributed by atoms with E-state index in [1.54, 1.807) is 38.5 Å². The van der Waals surface area contributed by atoms with Gasteiger partial charge >= 0.3 is 6.03 Å². The van der Waals surface area contributed by atoms with Crippen molar-refractivity contribution in [3.8, 4) is 5.75 Å². The summed E-state index contributed by atoms with van der Waals surface area (Å²) in [4.78, 5) is 44.0. The molecule has 10 heteroatoms. The van der Waals surface area contributed by atoms with Gasteiger partial charge in [0.25, 0.3) is 5.91 Å². The first-order chi connectivity index (χ1) is 19.9. The highest BCUT2D eigenvalue weighted by Crippen LogP contribution is 2.20. The molecular weight excluding hydrogens is 522 g/mol. The predicted molar refractivity (Wildman–Crippen MR) is 160 cm³/mol. The number of ether oxygens (including phenoxy) is 2. The molecule has 4 amide bonds. The number of urea groups is 1. The van der Waals surface area contributed by atoms with Crippen LogP contribution in [-0.4, -0.2) is 87.7 Å². The van der Waals surface area contributed by atoms with Crippen molar-refractivity contribution in [2.75, 3.05) is 75.6 Å². The number of methoxy groups -OCH3 is 2. The molecule has 1 saturated heterocycles. The summed E-state index contributed by atoms with van der Waals surface area (Å²) in [6.45, 7) is 5.11. The lowest BCUT2D eigenvalue weighted by Crippen LogP contribution is -2.50.